The molecule has 0 saturated heterocycles. The number of aryl methyl sites for hydroxylation is 1. The number of amides is 1. The van der Waals surface area contributed by atoms with E-state index in [0.29, 0.717) is 17.4 Å². The fourth-order valence-corrected chi connectivity index (χ4v) is 1.96. The molecule has 0 bridgehead atoms. The average molecular weight is 309 g/mol. The van der Waals surface area contributed by atoms with Crippen LogP contribution in [0.5, 0.6) is 5.75 Å². The van der Waals surface area contributed by atoms with Crippen molar-refractivity contribution in [2.45, 2.75) is 6.92 Å². The van der Waals surface area contributed by atoms with Crippen molar-refractivity contribution in [3.63, 3.8) is 0 Å². The quantitative estimate of drug-likeness (QED) is 0.779. The van der Waals surface area contributed by atoms with Crippen LogP contribution >= 0.6 is 0 Å². The van der Waals surface area contributed by atoms with Crippen LogP contribution in [0.1, 0.15) is 5.82 Å². The molecule has 3 rings (SSSR count). The largest absolute Gasteiger partial charge is 0.484 e. The van der Waals surface area contributed by atoms with E-state index in [1.165, 1.54) is 0 Å². The maximum atomic E-state index is 11.8. The summed E-state index contributed by atoms with van der Waals surface area (Å²) in [5, 5.41) is 2.69. The van der Waals surface area contributed by atoms with Gasteiger partial charge in [0.05, 0.1) is 18.1 Å². The molecule has 0 unspecified atom stereocenters. The summed E-state index contributed by atoms with van der Waals surface area (Å²) in [5.74, 6) is 1.66. The van der Waals surface area contributed by atoms with E-state index in [0.717, 1.165) is 5.82 Å². The predicted molar refractivity (Wildman–Crippen MR) is 84.5 cm³/mol. The number of nitrogens with zero attached hydrogens (tertiary/aromatic N) is 4. The minimum atomic E-state index is -0.274. The highest BCUT2D eigenvalue weighted by atomic mass is 16.5. The van der Waals surface area contributed by atoms with Crippen LogP contribution < -0.4 is 10.1 Å². The second-order valence-corrected chi connectivity index (χ2v) is 4.77. The molecular formula is C16H15N5O2. The molecule has 1 amide bonds. The molecular weight excluding hydrogens is 294 g/mol. The molecule has 0 saturated carbocycles. The molecule has 2 heterocycles. The van der Waals surface area contributed by atoms with Crippen molar-refractivity contribution in [2.75, 3.05) is 11.9 Å². The van der Waals surface area contributed by atoms with Crippen molar-refractivity contribution in [1.82, 2.24) is 19.5 Å². The lowest BCUT2D eigenvalue weighted by molar-refractivity contribution is -0.118. The van der Waals surface area contributed by atoms with E-state index in [9.17, 15) is 4.79 Å². The zero-order valence-corrected chi connectivity index (χ0v) is 12.5. The first-order valence-electron chi connectivity index (χ1n) is 7.02. The van der Waals surface area contributed by atoms with Crippen molar-refractivity contribution < 1.29 is 9.53 Å². The number of carbonyl (C=O) groups excluding carboxylic acids is 1. The molecule has 116 valence electrons. The number of imidazole rings is 1. The number of benzene rings is 1. The predicted octanol–water partition coefficient (Wildman–Crippen LogP) is 1.99. The highest BCUT2D eigenvalue weighted by molar-refractivity contribution is 5.91. The van der Waals surface area contributed by atoms with Gasteiger partial charge in [-0.15, -0.1) is 0 Å². The van der Waals surface area contributed by atoms with Crippen LogP contribution in [0.15, 0.2) is 55.1 Å². The third kappa shape index (κ3) is 3.70. The van der Waals surface area contributed by atoms with Gasteiger partial charge in [0.1, 0.15) is 11.6 Å². The lowest BCUT2D eigenvalue weighted by Gasteiger charge is -2.08. The van der Waals surface area contributed by atoms with E-state index in [1.807, 2.05) is 25.1 Å². The van der Waals surface area contributed by atoms with E-state index < -0.39 is 0 Å². The van der Waals surface area contributed by atoms with Crippen molar-refractivity contribution in [1.29, 1.82) is 0 Å². The van der Waals surface area contributed by atoms with Crippen LogP contribution in [0.3, 0.4) is 0 Å². The molecule has 0 fully saturated rings. The van der Waals surface area contributed by atoms with Crippen molar-refractivity contribution >= 4 is 11.6 Å². The fraction of sp³-hybridized carbons (Fsp3) is 0.125. The Hall–Kier alpha value is -3.22. The number of ether oxygens (including phenoxy) is 1. The van der Waals surface area contributed by atoms with Gasteiger partial charge in [-0.25, -0.2) is 15.0 Å². The number of anilines is 1. The zero-order chi connectivity index (χ0) is 16.1. The van der Waals surface area contributed by atoms with E-state index >= 15 is 0 Å². The van der Waals surface area contributed by atoms with E-state index in [-0.39, 0.29) is 12.5 Å². The van der Waals surface area contributed by atoms with Gasteiger partial charge in [-0.3, -0.25) is 9.36 Å². The van der Waals surface area contributed by atoms with Crippen molar-refractivity contribution in [3.05, 3.63) is 60.9 Å². The Morgan fingerprint density at radius 2 is 1.91 bits per heavy atom. The summed E-state index contributed by atoms with van der Waals surface area (Å²) in [7, 11) is 0. The van der Waals surface area contributed by atoms with Gasteiger partial charge in [-0.05, 0) is 19.1 Å². The van der Waals surface area contributed by atoms with Crippen LogP contribution in [-0.2, 0) is 4.79 Å². The Bertz CT molecular complexity index is 784. The minimum Gasteiger partial charge on any atom is -0.484 e. The maximum Gasteiger partial charge on any atom is 0.262 e. The van der Waals surface area contributed by atoms with Crippen LogP contribution in [-0.4, -0.2) is 32.0 Å². The number of hydrogen-bond acceptors (Lipinski definition) is 5. The van der Waals surface area contributed by atoms with Gasteiger partial charge in [0.2, 0.25) is 5.95 Å². The smallest absolute Gasteiger partial charge is 0.262 e. The number of aromatic nitrogens is 4. The first kappa shape index (κ1) is 14.7. The van der Waals surface area contributed by atoms with Gasteiger partial charge in [-0.1, -0.05) is 18.2 Å². The lowest BCUT2D eigenvalue weighted by atomic mass is 10.3. The Balaban J connectivity index is 1.58. The standard InChI is InChI=1S/C16H15N5O2/c1-12-17-7-8-21(12)16-18-9-13(10-19-16)20-15(22)11-23-14-5-3-2-4-6-14/h2-10H,11H2,1H3,(H,20,22). The Labute approximate surface area is 133 Å². The highest BCUT2D eigenvalue weighted by Crippen LogP contribution is 2.10. The summed E-state index contributed by atoms with van der Waals surface area (Å²) >= 11 is 0. The Morgan fingerprint density at radius 1 is 1.17 bits per heavy atom. The third-order valence-electron chi connectivity index (χ3n) is 3.08. The number of carbonyl (C=O) groups is 1. The van der Waals surface area contributed by atoms with Gasteiger partial charge in [0.15, 0.2) is 6.61 Å². The SMILES string of the molecule is Cc1nccn1-c1ncc(NC(=O)COc2ccccc2)cn1. The van der Waals surface area contributed by atoms with Gasteiger partial charge >= 0.3 is 0 Å². The van der Waals surface area contributed by atoms with Gasteiger partial charge in [-0.2, -0.15) is 0 Å². The molecule has 7 heteroatoms. The first-order valence-corrected chi connectivity index (χ1v) is 7.02. The molecule has 2 aromatic heterocycles. The molecule has 0 spiro atoms. The molecule has 0 aliphatic rings. The minimum absolute atomic E-state index is 0.0770. The van der Waals surface area contributed by atoms with Crippen LogP contribution in [0, 0.1) is 6.92 Å². The molecule has 3 aromatic rings. The highest BCUT2D eigenvalue weighted by Gasteiger charge is 2.06. The van der Waals surface area contributed by atoms with Gasteiger partial charge in [0.25, 0.3) is 5.91 Å². The maximum absolute atomic E-state index is 11.8. The second kappa shape index (κ2) is 6.69. The summed E-state index contributed by atoms with van der Waals surface area (Å²) in [6, 6.07) is 9.15. The first-order chi connectivity index (χ1) is 11.2. The number of nitrogens with one attached hydrogen (secondary N) is 1. The Kier molecular flexibility index (Phi) is 4.28. The van der Waals surface area contributed by atoms with Crippen LogP contribution in [0.25, 0.3) is 5.95 Å². The van der Waals surface area contributed by atoms with Gasteiger partial charge in [0, 0.05) is 12.4 Å². The number of hydrogen-bond donors (Lipinski definition) is 1. The molecule has 1 N–H and O–H groups in total. The topological polar surface area (TPSA) is 81.9 Å². The van der Waals surface area contributed by atoms with E-state index in [4.69, 9.17) is 4.74 Å². The van der Waals surface area contributed by atoms with Crippen LogP contribution in [0.4, 0.5) is 5.69 Å². The van der Waals surface area contributed by atoms with E-state index in [1.54, 1.807) is 41.5 Å². The normalized spacial score (nSPS) is 10.3. The van der Waals surface area contributed by atoms with Crippen molar-refractivity contribution in [2.24, 2.45) is 0 Å². The zero-order valence-electron chi connectivity index (χ0n) is 12.5. The average Bonchev–Trinajstić information content (AvgIpc) is 3.01. The summed E-state index contributed by atoms with van der Waals surface area (Å²) in [6.07, 6.45) is 6.54. The third-order valence-corrected chi connectivity index (χ3v) is 3.08. The summed E-state index contributed by atoms with van der Waals surface area (Å²) in [5.41, 5.74) is 0.508. The molecule has 1 aromatic carbocycles. The lowest BCUT2D eigenvalue weighted by Crippen LogP contribution is -2.20. The summed E-state index contributed by atoms with van der Waals surface area (Å²) < 4.78 is 7.13. The van der Waals surface area contributed by atoms with Gasteiger partial charge < -0.3 is 10.1 Å². The second-order valence-electron chi connectivity index (χ2n) is 4.77. The van der Waals surface area contributed by atoms with Crippen molar-refractivity contribution in [3.8, 4) is 11.7 Å². The Morgan fingerprint density at radius 3 is 2.57 bits per heavy atom. The number of para-hydroxylation sites is 1. The molecule has 0 aliphatic heterocycles. The molecule has 7 nitrogen and oxygen atoms in total. The molecule has 0 aliphatic carbocycles. The number of rotatable bonds is 5. The molecule has 0 atom stereocenters. The summed E-state index contributed by atoms with van der Waals surface area (Å²) in [6.45, 7) is 1.78. The summed E-state index contributed by atoms with van der Waals surface area (Å²) in [4.78, 5) is 24.4. The fourth-order valence-electron chi connectivity index (χ4n) is 1.96. The monoisotopic (exact) mass is 309 g/mol. The van der Waals surface area contributed by atoms with Crippen LogP contribution in [0.2, 0.25) is 0 Å². The molecule has 23 heavy (non-hydrogen) atoms. The molecule has 0 radical (unpaired) electrons. The van der Waals surface area contributed by atoms with E-state index in [2.05, 4.69) is 20.3 Å².